The van der Waals surface area contributed by atoms with Gasteiger partial charge in [0, 0.05) is 16.6 Å². The predicted molar refractivity (Wildman–Crippen MR) is 82.0 cm³/mol. The molecule has 1 aromatic carbocycles. The molecule has 1 aromatic heterocycles. The molecule has 2 rings (SSSR count). The average Bonchev–Trinajstić information content (AvgIpc) is 2.90. The van der Waals surface area contributed by atoms with E-state index in [9.17, 15) is 4.79 Å². The van der Waals surface area contributed by atoms with Gasteiger partial charge in [-0.05, 0) is 23.6 Å². The van der Waals surface area contributed by atoms with E-state index >= 15 is 0 Å². The SMILES string of the molecule is CCOC(=O)/C=C/c1sc(-c2ccccc2)nc1N=[N+]=[N-]. The van der Waals surface area contributed by atoms with E-state index in [2.05, 4.69) is 15.0 Å². The number of ether oxygens (including phenoxy) is 1. The zero-order chi connectivity index (χ0) is 15.1. The fourth-order valence-corrected chi connectivity index (χ4v) is 2.49. The molecule has 2 aromatic rings. The summed E-state index contributed by atoms with van der Waals surface area (Å²) in [7, 11) is 0. The lowest BCUT2D eigenvalue weighted by Crippen LogP contribution is -1.98. The molecule has 0 saturated heterocycles. The van der Waals surface area contributed by atoms with Gasteiger partial charge in [-0.3, -0.25) is 0 Å². The summed E-state index contributed by atoms with van der Waals surface area (Å²) in [6.45, 7) is 2.04. The third-order valence-corrected chi connectivity index (χ3v) is 3.51. The highest BCUT2D eigenvalue weighted by molar-refractivity contribution is 7.16. The Morgan fingerprint density at radius 3 is 2.90 bits per heavy atom. The molecule has 0 amide bonds. The standard InChI is InChI=1S/C14H12N4O2S/c1-2-20-12(19)9-8-11-13(17-18-15)16-14(21-11)10-6-4-3-5-7-10/h3-9H,2H2,1H3/b9-8+. The van der Waals surface area contributed by atoms with E-state index in [1.807, 2.05) is 30.3 Å². The summed E-state index contributed by atoms with van der Waals surface area (Å²) in [4.78, 5) is 19.0. The number of aromatic nitrogens is 1. The molecule has 0 atom stereocenters. The Bertz CT molecular complexity index is 703. The molecule has 106 valence electrons. The maximum absolute atomic E-state index is 11.3. The van der Waals surface area contributed by atoms with E-state index in [0.717, 1.165) is 10.6 Å². The predicted octanol–water partition coefficient (Wildman–Crippen LogP) is 4.33. The van der Waals surface area contributed by atoms with Crippen molar-refractivity contribution in [1.29, 1.82) is 0 Å². The minimum atomic E-state index is -0.445. The second-order valence-electron chi connectivity index (χ2n) is 3.85. The van der Waals surface area contributed by atoms with E-state index in [-0.39, 0.29) is 5.82 Å². The molecule has 0 aliphatic heterocycles. The van der Waals surface area contributed by atoms with Gasteiger partial charge in [-0.1, -0.05) is 30.3 Å². The number of carbonyl (C=O) groups is 1. The molecule has 0 radical (unpaired) electrons. The molecule has 7 heteroatoms. The lowest BCUT2D eigenvalue weighted by molar-refractivity contribution is -0.137. The lowest BCUT2D eigenvalue weighted by Gasteiger charge is -1.93. The number of benzene rings is 1. The summed E-state index contributed by atoms with van der Waals surface area (Å²) in [5.74, 6) is -0.194. The number of rotatable bonds is 5. The van der Waals surface area contributed by atoms with Gasteiger partial charge < -0.3 is 4.74 Å². The fraction of sp³-hybridized carbons (Fsp3) is 0.143. The fourth-order valence-electron chi connectivity index (χ4n) is 1.58. The van der Waals surface area contributed by atoms with Crippen molar-refractivity contribution >= 4 is 29.2 Å². The Labute approximate surface area is 125 Å². The van der Waals surface area contributed by atoms with Crippen LogP contribution in [-0.2, 0) is 9.53 Å². The first-order chi connectivity index (χ1) is 10.2. The largest absolute Gasteiger partial charge is 0.463 e. The molecule has 0 fully saturated rings. The van der Waals surface area contributed by atoms with Gasteiger partial charge in [-0.25, -0.2) is 9.78 Å². The normalized spacial score (nSPS) is 10.3. The molecule has 0 saturated carbocycles. The van der Waals surface area contributed by atoms with Crippen LogP contribution in [0.5, 0.6) is 0 Å². The van der Waals surface area contributed by atoms with Crippen molar-refractivity contribution in [3.63, 3.8) is 0 Å². The number of esters is 1. The summed E-state index contributed by atoms with van der Waals surface area (Å²) in [5.41, 5.74) is 9.52. The second-order valence-corrected chi connectivity index (χ2v) is 4.88. The molecule has 0 N–H and O–H groups in total. The van der Waals surface area contributed by atoms with Gasteiger partial charge in [-0.2, -0.15) is 0 Å². The van der Waals surface area contributed by atoms with Gasteiger partial charge in [0.25, 0.3) is 0 Å². The van der Waals surface area contributed by atoms with Crippen molar-refractivity contribution in [2.45, 2.75) is 6.92 Å². The molecule has 0 aliphatic carbocycles. The number of thiazole rings is 1. The van der Waals surface area contributed by atoms with Crippen LogP contribution < -0.4 is 0 Å². The monoisotopic (exact) mass is 300 g/mol. The third kappa shape index (κ3) is 3.92. The Balaban J connectivity index is 2.34. The van der Waals surface area contributed by atoms with Crippen molar-refractivity contribution in [3.8, 4) is 10.6 Å². The highest BCUT2D eigenvalue weighted by Crippen LogP contribution is 2.33. The molecular formula is C14H12N4O2S. The molecule has 0 bridgehead atoms. The molecule has 1 heterocycles. The zero-order valence-electron chi connectivity index (χ0n) is 11.3. The highest BCUT2D eigenvalue weighted by atomic mass is 32.1. The third-order valence-electron chi connectivity index (χ3n) is 2.45. The maximum atomic E-state index is 11.3. The lowest BCUT2D eigenvalue weighted by atomic mass is 10.2. The van der Waals surface area contributed by atoms with Crippen molar-refractivity contribution in [3.05, 3.63) is 51.7 Å². The zero-order valence-corrected chi connectivity index (χ0v) is 12.1. The first kappa shape index (κ1) is 14.8. The van der Waals surface area contributed by atoms with Crippen LogP contribution in [-0.4, -0.2) is 17.6 Å². The van der Waals surface area contributed by atoms with Gasteiger partial charge in [0.15, 0.2) is 0 Å². The Morgan fingerprint density at radius 2 is 2.24 bits per heavy atom. The van der Waals surface area contributed by atoms with Gasteiger partial charge in [-0.15, -0.1) is 11.3 Å². The highest BCUT2D eigenvalue weighted by Gasteiger charge is 2.09. The Hall–Kier alpha value is -2.63. The van der Waals surface area contributed by atoms with Crippen LogP contribution in [0.2, 0.25) is 0 Å². The summed E-state index contributed by atoms with van der Waals surface area (Å²) >= 11 is 1.34. The maximum Gasteiger partial charge on any atom is 0.330 e. The van der Waals surface area contributed by atoms with Crippen molar-refractivity contribution < 1.29 is 9.53 Å². The molecule has 0 spiro atoms. The van der Waals surface area contributed by atoms with Crippen LogP contribution in [0.3, 0.4) is 0 Å². The first-order valence-corrected chi connectivity index (χ1v) is 7.02. The van der Waals surface area contributed by atoms with Gasteiger partial charge in [0.1, 0.15) is 10.8 Å². The summed E-state index contributed by atoms with van der Waals surface area (Å²) in [5, 5.41) is 4.28. The summed E-state index contributed by atoms with van der Waals surface area (Å²) in [6, 6.07) is 9.54. The summed E-state index contributed by atoms with van der Waals surface area (Å²) < 4.78 is 4.81. The van der Waals surface area contributed by atoms with E-state index in [0.29, 0.717) is 11.5 Å². The molecular weight excluding hydrogens is 288 g/mol. The van der Waals surface area contributed by atoms with Crippen molar-refractivity contribution in [2.24, 2.45) is 5.11 Å². The minimum Gasteiger partial charge on any atom is -0.463 e. The van der Waals surface area contributed by atoms with E-state index < -0.39 is 5.97 Å². The van der Waals surface area contributed by atoms with Gasteiger partial charge in [0.2, 0.25) is 0 Å². The summed E-state index contributed by atoms with van der Waals surface area (Å²) in [6.07, 6.45) is 2.84. The molecule has 6 nitrogen and oxygen atoms in total. The van der Waals surface area contributed by atoms with Gasteiger partial charge in [0.05, 0.1) is 11.5 Å². The minimum absolute atomic E-state index is 0.252. The van der Waals surface area contributed by atoms with E-state index in [4.69, 9.17) is 10.3 Å². The van der Waals surface area contributed by atoms with Crippen LogP contribution in [0.25, 0.3) is 27.1 Å². The van der Waals surface area contributed by atoms with Gasteiger partial charge >= 0.3 is 5.97 Å². The number of carbonyl (C=O) groups excluding carboxylic acids is 1. The first-order valence-electron chi connectivity index (χ1n) is 6.20. The second kappa shape index (κ2) is 7.23. The molecule has 21 heavy (non-hydrogen) atoms. The topological polar surface area (TPSA) is 88.0 Å². The van der Waals surface area contributed by atoms with Crippen molar-refractivity contribution in [1.82, 2.24) is 4.98 Å². The van der Waals surface area contributed by atoms with Crippen LogP contribution in [0.4, 0.5) is 5.82 Å². The number of hydrogen-bond acceptors (Lipinski definition) is 5. The molecule has 0 aliphatic rings. The van der Waals surface area contributed by atoms with Crippen LogP contribution >= 0.6 is 11.3 Å². The number of azide groups is 1. The average molecular weight is 300 g/mol. The quantitative estimate of drug-likeness (QED) is 0.271. The molecule has 0 unspecified atom stereocenters. The van der Waals surface area contributed by atoms with E-state index in [1.165, 1.54) is 17.4 Å². The number of hydrogen-bond donors (Lipinski definition) is 0. The van der Waals surface area contributed by atoms with Crippen LogP contribution in [0.15, 0.2) is 41.5 Å². The van der Waals surface area contributed by atoms with Crippen molar-refractivity contribution in [2.75, 3.05) is 6.61 Å². The Morgan fingerprint density at radius 1 is 1.48 bits per heavy atom. The smallest absolute Gasteiger partial charge is 0.330 e. The van der Waals surface area contributed by atoms with Crippen LogP contribution in [0, 0.1) is 0 Å². The number of nitrogens with zero attached hydrogens (tertiary/aromatic N) is 4. The Kier molecular flexibility index (Phi) is 5.09. The van der Waals surface area contributed by atoms with Crippen LogP contribution in [0.1, 0.15) is 11.8 Å². The van der Waals surface area contributed by atoms with E-state index in [1.54, 1.807) is 13.0 Å².